The third-order valence-corrected chi connectivity index (χ3v) is 7.43. The fourth-order valence-electron chi connectivity index (χ4n) is 4.46. The van der Waals surface area contributed by atoms with Crippen LogP contribution >= 0.6 is 0 Å². The van der Waals surface area contributed by atoms with Crippen LogP contribution in [0.2, 0.25) is 0 Å². The Morgan fingerprint density at radius 3 is 2.57 bits per heavy atom. The Kier molecular flexibility index (Phi) is 6.01. The van der Waals surface area contributed by atoms with Crippen LogP contribution < -0.4 is 4.31 Å². The number of imidazole rings is 1. The minimum absolute atomic E-state index is 0.302. The van der Waals surface area contributed by atoms with E-state index in [1.54, 1.807) is 24.5 Å². The van der Waals surface area contributed by atoms with E-state index in [1.807, 2.05) is 26.0 Å². The van der Waals surface area contributed by atoms with Crippen molar-refractivity contribution in [2.45, 2.75) is 39.0 Å². The molecule has 0 atom stereocenters. The molecule has 1 N–H and O–H groups in total. The number of benzene rings is 2. The highest BCUT2D eigenvalue weighted by Crippen LogP contribution is 2.49. The number of hydrogen-bond donors (Lipinski definition) is 1. The second-order valence-electron chi connectivity index (χ2n) is 9.34. The summed E-state index contributed by atoms with van der Waals surface area (Å²) in [4.78, 5) is 7.61. The van der Waals surface area contributed by atoms with E-state index in [-0.39, 0.29) is 5.82 Å². The number of halogens is 1. The molecule has 2 aromatic heterocycles. The number of nitrogens with zero attached hydrogens (tertiary/aromatic N) is 2. The fraction of sp³-hybridized carbons (Fsp3) is 0.296. The maximum Gasteiger partial charge on any atom is 0.232 e. The van der Waals surface area contributed by atoms with Gasteiger partial charge in [-0.1, -0.05) is 11.6 Å². The number of anilines is 1. The van der Waals surface area contributed by atoms with E-state index >= 15 is 0 Å². The smallest absolute Gasteiger partial charge is 0.232 e. The van der Waals surface area contributed by atoms with Crippen molar-refractivity contribution in [2.24, 2.45) is 0 Å². The molecule has 35 heavy (non-hydrogen) atoms. The molecule has 0 aliphatic heterocycles. The van der Waals surface area contributed by atoms with Gasteiger partial charge in [0.2, 0.25) is 10.0 Å². The van der Waals surface area contributed by atoms with Crippen molar-refractivity contribution in [3.05, 3.63) is 71.8 Å². The van der Waals surface area contributed by atoms with Crippen LogP contribution in [-0.2, 0) is 10.0 Å². The summed E-state index contributed by atoms with van der Waals surface area (Å²) in [6.45, 7) is 4.36. The lowest BCUT2D eigenvalue weighted by Crippen LogP contribution is -2.31. The zero-order chi connectivity index (χ0) is 24.7. The van der Waals surface area contributed by atoms with Gasteiger partial charge in [-0.25, -0.2) is 17.8 Å². The van der Waals surface area contributed by atoms with E-state index in [2.05, 4.69) is 16.0 Å². The standard InChI is InChI=1S/C27H28FN3O3S/c1-17(2)5-4-14-31(35(3,32)33)23-16-24-22(15-21(23)18-6-7-18)25(27-29-12-13-30-27)26(34-24)19-8-10-20(28)11-9-19/h5,8-13,15-16,18H,4,6-7,14H2,1-3H3,(H,29,30). The van der Waals surface area contributed by atoms with Gasteiger partial charge in [0, 0.05) is 36.0 Å². The lowest BCUT2D eigenvalue weighted by atomic mass is 10.0. The average Bonchev–Trinajstić information content (AvgIpc) is 3.37. The van der Waals surface area contributed by atoms with Gasteiger partial charge in [-0.05, 0) is 74.9 Å². The van der Waals surface area contributed by atoms with Crippen LogP contribution in [0.1, 0.15) is 44.6 Å². The van der Waals surface area contributed by atoms with Gasteiger partial charge < -0.3 is 9.40 Å². The molecule has 8 heteroatoms. The first kappa shape index (κ1) is 23.4. The maximum absolute atomic E-state index is 13.6. The summed E-state index contributed by atoms with van der Waals surface area (Å²) < 4.78 is 47.2. The summed E-state index contributed by atoms with van der Waals surface area (Å²) >= 11 is 0. The molecule has 6 nitrogen and oxygen atoms in total. The van der Waals surface area contributed by atoms with Gasteiger partial charge >= 0.3 is 0 Å². The number of sulfonamides is 1. The number of allylic oxidation sites excluding steroid dienone is 1. The van der Waals surface area contributed by atoms with Crippen molar-refractivity contribution in [3.8, 4) is 22.7 Å². The summed E-state index contributed by atoms with van der Waals surface area (Å²) in [5.41, 5.74) is 4.86. The molecule has 1 saturated carbocycles. The molecule has 1 aliphatic rings. The Morgan fingerprint density at radius 2 is 1.97 bits per heavy atom. The third-order valence-electron chi connectivity index (χ3n) is 6.25. The summed E-state index contributed by atoms with van der Waals surface area (Å²) in [7, 11) is -3.51. The average molecular weight is 494 g/mol. The minimum atomic E-state index is -3.51. The maximum atomic E-state index is 13.6. The van der Waals surface area contributed by atoms with Gasteiger partial charge in [0.05, 0.1) is 17.5 Å². The highest BCUT2D eigenvalue weighted by atomic mass is 32.2. The third kappa shape index (κ3) is 4.75. The number of fused-ring (bicyclic) bond motifs is 1. The van der Waals surface area contributed by atoms with Crippen molar-refractivity contribution in [1.29, 1.82) is 0 Å². The molecule has 0 spiro atoms. The number of hydrogen-bond acceptors (Lipinski definition) is 4. The topological polar surface area (TPSA) is 79.2 Å². The van der Waals surface area contributed by atoms with Crippen LogP contribution in [0.4, 0.5) is 10.1 Å². The Morgan fingerprint density at radius 1 is 1.23 bits per heavy atom. The molecule has 0 radical (unpaired) electrons. The minimum Gasteiger partial charge on any atom is -0.455 e. The van der Waals surface area contributed by atoms with E-state index in [1.165, 1.54) is 22.7 Å². The molecule has 0 amide bonds. The quantitative estimate of drug-likeness (QED) is 0.280. The molecular formula is C27H28FN3O3S. The van der Waals surface area contributed by atoms with E-state index < -0.39 is 10.0 Å². The van der Waals surface area contributed by atoms with Gasteiger partial charge in [0.25, 0.3) is 0 Å². The highest BCUT2D eigenvalue weighted by Gasteiger charge is 2.32. The summed E-state index contributed by atoms with van der Waals surface area (Å²) in [5, 5.41) is 0.850. The Labute approximate surface area is 204 Å². The van der Waals surface area contributed by atoms with Crippen molar-refractivity contribution in [3.63, 3.8) is 0 Å². The molecule has 0 unspecified atom stereocenters. The first-order chi connectivity index (χ1) is 16.7. The van der Waals surface area contributed by atoms with E-state index in [4.69, 9.17) is 4.42 Å². The second kappa shape index (κ2) is 9.00. The first-order valence-electron chi connectivity index (χ1n) is 11.7. The van der Waals surface area contributed by atoms with E-state index in [0.29, 0.717) is 47.3 Å². The van der Waals surface area contributed by atoms with Crippen molar-refractivity contribution < 1.29 is 17.2 Å². The molecule has 1 fully saturated rings. The van der Waals surface area contributed by atoms with Crippen LogP contribution in [0, 0.1) is 5.82 Å². The lowest BCUT2D eigenvalue weighted by Gasteiger charge is -2.25. The van der Waals surface area contributed by atoms with E-state index in [9.17, 15) is 12.8 Å². The number of rotatable bonds is 8. The molecule has 1 aliphatic carbocycles. The fourth-order valence-corrected chi connectivity index (χ4v) is 5.42. The number of H-pyrrole nitrogens is 1. The largest absolute Gasteiger partial charge is 0.455 e. The summed E-state index contributed by atoms with van der Waals surface area (Å²) in [6, 6.07) is 10.0. The summed E-state index contributed by atoms with van der Waals surface area (Å²) in [6.07, 6.45) is 9.36. The van der Waals surface area contributed by atoms with Gasteiger partial charge in [0.15, 0.2) is 0 Å². The van der Waals surface area contributed by atoms with Crippen LogP contribution in [0.15, 0.2) is 64.9 Å². The van der Waals surface area contributed by atoms with Gasteiger partial charge in [0.1, 0.15) is 23.0 Å². The monoisotopic (exact) mass is 493 g/mol. The predicted octanol–water partition coefficient (Wildman–Crippen LogP) is 6.63. The van der Waals surface area contributed by atoms with Crippen molar-refractivity contribution in [1.82, 2.24) is 9.97 Å². The van der Waals surface area contributed by atoms with Crippen LogP contribution in [0.5, 0.6) is 0 Å². The molecular weight excluding hydrogens is 465 g/mol. The second-order valence-corrected chi connectivity index (χ2v) is 11.2. The van der Waals surface area contributed by atoms with E-state index in [0.717, 1.165) is 34.9 Å². The molecule has 182 valence electrons. The lowest BCUT2D eigenvalue weighted by molar-refractivity contribution is 0.596. The Balaban J connectivity index is 1.73. The Bertz CT molecular complexity index is 1500. The van der Waals surface area contributed by atoms with Crippen molar-refractivity contribution in [2.75, 3.05) is 17.1 Å². The number of aromatic amines is 1. The molecule has 0 bridgehead atoms. The van der Waals surface area contributed by atoms with Gasteiger partial charge in [-0.3, -0.25) is 4.31 Å². The van der Waals surface area contributed by atoms with Crippen LogP contribution in [-0.4, -0.2) is 31.2 Å². The van der Waals surface area contributed by atoms with Crippen molar-refractivity contribution >= 4 is 26.7 Å². The molecule has 0 saturated heterocycles. The zero-order valence-corrected chi connectivity index (χ0v) is 20.8. The van der Waals surface area contributed by atoms with Gasteiger partial charge in [-0.15, -0.1) is 0 Å². The first-order valence-corrected chi connectivity index (χ1v) is 13.5. The van der Waals surface area contributed by atoms with Crippen LogP contribution in [0.3, 0.4) is 0 Å². The zero-order valence-electron chi connectivity index (χ0n) is 20.0. The number of aromatic nitrogens is 2. The predicted molar refractivity (Wildman–Crippen MR) is 137 cm³/mol. The molecule has 5 rings (SSSR count). The normalized spacial score (nSPS) is 13.8. The number of nitrogens with one attached hydrogen (secondary N) is 1. The molecule has 2 aromatic carbocycles. The SMILES string of the molecule is CC(C)=CCCN(c1cc2oc(-c3ccc(F)cc3)c(-c3ncc[nH]3)c2cc1C1CC1)S(C)(=O)=O. The number of furan rings is 1. The van der Waals surface area contributed by atoms with Gasteiger partial charge in [-0.2, -0.15) is 0 Å². The summed E-state index contributed by atoms with van der Waals surface area (Å²) in [5.74, 6) is 1.17. The molecule has 4 aromatic rings. The Hall–Kier alpha value is -3.39. The highest BCUT2D eigenvalue weighted by molar-refractivity contribution is 7.92. The van der Waals surface area contributed by atoms with Crippen LogP contribution in [0.25, 0.3) is 33.7 Å². The molecule has 2 heterocycles.